The van der Waals surface area contributed by atoms with E-state index in [1.165, 1.54) is 18.4 Å². The van der Waals surface area contributed by atoms with Crippen molar-refractivity contribution in [2.45, 2.75) is 32.1 Å². The quantitative estimate of drug-likeness (QED) is 0.653. The van der Waals surface area contributed by atoms with Crippen molar-refractivity contribution in [2.75, 3.05) is 40.3 Å². The molecular formula is C24H33N3O2. The summed E-state index contributed by atoms with van der Waals surface area (Å²) >= 11 is 0. The van der Waals surface area contributed by atoms with Gasteiger partial charge in [0, 0.05) is 45.0 Å². The van der Waals surface area contributed by atoms with E-state index in [4.69, 9.17) is 4.74 Å². The van der Waals surface area contributed by atoms with Gasteiger partial charge >= 0.3 is 0 Å². The van der Waals surface area contributed by atoms with Gasteiger partial charge in [0.05, 0.1) is 7.11 Å². The molecule has 29 heavy (non-hydrogen) atoms. The van der Waals surface area contributed by atoms with Gasteiger partial charge in [-0.3, -0.25) is 9.78 Å². The van der Waals surface area contributed by atoms with Crippen LogP contribution in [0.15, 0.2) is 48.7 Å². The predicted octanol–water partition coefficient (Wildman–Crippen LogP) is 3.44. The maximum atomic E-state index is 12.5. The zero-order valence-corrected chi connectivity index (χ0v) is 17.7. The molecular weight excluding hydrogens is 362 g/mol. The lowest BCUT2D eigenvalue weighted by Gasteiger charge is -2.34. The molecule has 1 aliphatic rings. The van der Waals surface area contributed by atoms with Crippen LogP contribution in [-0.2, 0) is 17.6 Å². The number of amides is 1. The minimum atomic E-state index is 0.214. The second-order valence-corrected chi connectivity index (χ2v) is 8.00. The number of aromatic nitrogens is 1. The molecule has 0 N–H and O–H groups in total. The maximum absolute atomic E-state index is 12.5. The molecule has 1 fully saturated rings. The Balaban J connectivity index is 1.40. The Labute approximate surface area is 174 Å². The normalized spacial score (nSPS) is 17.1. The zero-order valence-electron chi connectivity index (χ0n) is 17.7. The Kier molecular flexibility index (Phi) is 8.05. The molecule has 1 atom stereocenters. The number of piperidine rings is 1. The van der Waals surface area contributed by atoms with Gasteiger partial charge in [0.25, 0.3) is 0 Å². The van der Waals surface area contributed by atoms with E-state index in [9.17, 15) is 4.79 Å². The Morgan fingerprint density at radius 3 is 2.76 bits per heavy atom. The number of carbonyl (C=O) groups excluding carboxylic acids is 1. The minimum absolute atomic E-state index is 0.214. The average Bonchev–Trinajstić information content (AvgIpc) is 2.77. The number of carbonyl (C=O) groups is 1. The molecule has 1 aromatic heterocycles. The molecule has 0 aliphatic carbocycles. The SMILES string of the molecule is COc1ccc(CCN2CCC[C@H](CN(C)C(=O)CCc3ccccn3)C2)cc1. The Bertz CT molecular complexity index is 748. The average molecular weight is 396 g/mol. The smallest absolute Gasteiger partial charge is 0.222 e. The van der Waals surface area contributed by atoms with Crippen molar-refractivity contribution in [3.8, 4) is 5.75 Å². The number of rotatable bonds is 9. The number of nitrogens with zero attached hydrogens (tertiary/aromatic N) is 3. The molecule has 2 aromatic rings. The molecule has 0 saturated carbocycles. The molecule has 3 rings (SSSR count). The number of benzene rings is 1. The van der Waals surface area contributed by atoms with Gasteiger partial charge in [-0.25, -0.2) is 0 Å². The summed E-state index contributed by atoms with van der Waals surface area (Å²) in [4.78, 5) is 21.3. The summed E-state index contributed by atoms with van der Waals surface area (Å²) < 4.78 is 5.23. The zero-order chi connectivity index (χ0) is 20.5. The van der Waals surface area contributed by atoms with Crippen LogP contribution in [0, 0.1) is 5.92 Å². The summed E-state index contributed by atoms with van der Waals surface area (Å²) in [5, 5.41) is 0. The van der Waals surface area contributed by atoms with E-state index < -0.39 is 0 Å². The Morgan fingerprint density at radius 2 is 2.03 bits per heavy atom. The van der Waals surface area contributed by atoms with Crippen LogP contribution in [0.1, 0.15) is 30.5 Å². The monoisotopic (exact) mass is 395 g/mol. The van der Waals surface area contributed by atoms with Crippen molar-refractivity contribution in [3.05, 3.63) is 59.9 Å². The molecule has 156 valence electrons. The third-order valence-electron chi connectivity index (χ3n) is 5.76. The molecule has 1 saturated heterocycles. The van der Waals surface area contributed by atoms with Gasteiger partial charge in [-0.15, -0.1) is 0 Å². The first-order chi connectivity index (χ1) is 14.1. The third kappa shape index (κ3) is 6.86. The van der Waals surface area contributed by atoms with Crippen LogP contribution in [0.25, 0.3) is 0 Å². The van der Waals surface area contributed by atoms with Crippen LogP contribution in [0.2, 0.25) is 0 Å². The summed E-state index contributed by atoms with van der Waals surface area (Å²) in [7, 11) is 3.64. The molecule has 5 nitrogen and oxygen atoms in total. The highest BCUT2D eigenvalue weighted by atomic mass is 16.5. The van der Waals surface area contributed by atoms with Gasteiger partial charge in [-0.2, -0.15) is 0 Å². The van der Waals surface area contributed by atoms with Crippen LogP contribution >= 0.6 is 0 Å². The van der Waals surface area contributed by atoms with Crippen LogP contribution in [0.4, 0.5) is 0 Å². The highest BCUT2D eigenvalue weighted by Gasteiger charge is 2.22. The Morgan fingerprint density at radius 1 is 1.21 bits per heavy atom. The van der Waals surface area contributed by atoms with Crippen molar-refractivity contribution in [1.29, 1.82) is 0 Å². The van der Waals surface area contributed by atoms with E-state index in [2.05, 4.69) is 22.0 Å². The van der Waals surface area contributed by atoms with Gasteiger partial charge < -0.3 is 14.5 Å². The molecule has 0 unspecified atom stereocenters. The lowest BCUT2D eigenvalue weighted by Crippen LogP contribution is -2.42. The standard InChI is InChI=1S/C24H33N3O2/c1-26(24(28)13-10-22-7-3-4-15-25-22)18-21-6-5-16-27(19-21)17-14-20-8-11-23(29-2)12-9-20/h3-4,7-9,11-12,15,21H,5-6,10,13-14,16-19H2,1-2H3/t21-/m1/s1. The first-order valence-electron chi connectivity index (χ1n) is 10.6. The highest BCUT2D eigenvalue weighted by Crippen LogP contribution is 2.19. The number of hydrogen-bond donors (Lipinski definition) is 0. The number of likely N-dealkylation sites (tertiary alicyclic amines) is 1. The minimum Gasteiger partial charge on any atom is -0.497 e. The van der Waals surface area contributed by atoms with E-state index >= 15 is 0 Å². The lowest BCUT2D eigenvalue weighted by atomic mass is 9.97. The van der Waals surface area contributed by atoms with E-state index in [0.717, 1.165) is 44.0 Å². The number of ether oxygens (including phenoxy) is 1. The summed E-state index contributed by atoms with van der Waals surface area (Å²) in [6, 6.07) is 14.2. The molecule has 0 radical (unpaired) electrons. The molecule has 2 heterocycles. The fraction of sp³-hybridized carbons (Fsp3) is 0.500. The number of aryl methyl sites for hydroxylation is 1. The molecule has 1 amide bonds. The third-order valence-corrected chi connectivity index (χ3v) is 5.76. The van der Waals surface area contributed by atoms with Gasteiger partial charge in [0.1, 0.15) is 5.75 Å². The van der Waals surface area contributed by atoms with E-state index in [1.807, 2.05) is 42.3 Å². The van der Waals surface area contributed by atoms with Gasteiger partial charge in [-0.05, 0) is 68.0 Å². The second-order valence-electron chi connectivity index (χ2n) is 8.00. The summed E-state index contributed by atoms with van der Waals surface area (Å²) in [6.45, 7) is 4.15. The van der Waals surface area contributed by atoms with Crippen molar-refractivity contribution >= 4 is 5.91 Å². The maximum Gasteiger partial charge on any atom is 0.222 e. The molecule has 1 aromatic carbocycles. The lowest BCUT2D eigenvalue weighted by molar-refractivity contribution is -0.130. The van der Waals surface area contributed by atoms with Crippen molar-refractivity contribution < 1.29 is 9.53 Å². The number of pyridine rings is 1. The first kappa shape index (κ1) is 21.3. The number of hydrogen-bond acceptors (Lipinski definition) is 4. The summed E-state index contributed by atoms with van der Waals surface area (Å²) in [5.41, 5.74) is 2.33. The van der Waals surface area contributed by atoms with E-state index in [0.29, 0.717) is 18.8 Å². The van der Waals surface area contributed by atoms with Gasteiger partial charge in [-0.1, -0.05) is 18.2 Å². The van der Waals surface area contributed by atoms with E-state index in [1.54, 1.807) is 13.3 Å². The first-order valence-corrected chi connectivity index (χ1v) is 10.6. The van der Waals surface area contributed by atoms with Crippen molar-refractivity contribution in [2.24, 2.45) is 5.92 Å². The summed E-state index contributed by atoms with van der Waals surface area (Å²) in [5.74, 6) is 1.68. The topological polar surface area (TPSA) is 45.7 Å². The van der Waals surface area contributed by atoms with Crippen LogP contribution in [0.5, 0.6) is 5.75 Å². The summed E-state index contributed by atoms with van der Waals surface area (Å²) in [6.07, 6.45) is 6.49. The molecule has 5 heteroatoms. The largest absolute Gasteiger partial charge is 0.497 e. The second kappa shape index (κ2) is 11.0. The van der Waals surface area contributed by atoms with Crippen LogP contribution < -0.4 is 4.74 Å². The van der Waals surface area contributed by atoms with Crippen molar-refractivity contribution in [3.63, 3.8) is 0 Å². The van der Waals surface area contributed by atoms with E-state index in [-0.39, 0.29) is 5.91 Å². The Hall–Kier alpha value is -2.40. The van der Waals surface area contributed by atoms with Gasteiger partial charge in [0.2, 0.25) is 5.91 Å². The van der Waals surface area contributed by atoms with Gasteiger partial charge in [0.15, 0.2) is 0 Å². The van der Waals surface area contributed by atoms with Crippen LogP contribution in [0.3, 0.4) is 0 Å². The fourth-order valence-corrected chi connectivity index (χ4v) is 4.04. The fourth-order valence-electron chi connectivity index (χ4n) is 4.04. The molecule has 1 aliphatic heterocycles. The predicted molar refractivity (Wildman–Crippen MR) is 116 cm³/mol. The molecule has 0 spiro atoms. The van der Waals surface area contributed by atoms with Crippen molar-refractivity contribution in [1.82, 2.24) is 14.8 Å². The van der Waals surface area contributed by atoms with Crippen LogP contribution in [-0.4, -0.2) is 61.0 Å². The molecule has 0 bridgehead atoms. The number of methoxy groups -OCH3 is 1. The highest BCUT2D eigenvalue weighted by molar-refractivity contribution is 5.76.